The summed E-state index contributed by atoms with van der Waals surface area (Å²) in [5.41, 5.74) is -0.696. The average Bonchev–Trinajstić information content (AvgIpc) is 3.21. The van der Waals surface area contributed by atoms with E-state index in [9.17, 15) is 24.0 Å². The van der Waals surface area contributed by atoms with Crippen LogP contribution in [0.5, 0.6) is 0 Å². The molecule has 1 fully saturated rings. The highest BCUT2D eigenvalue weighted by Crippen LogP contribution is 2.35. The number of amides is 1. The van der Waals surface area contributed by atoms with Crippen molar-refractivity contribution < 1.29 is 38.1 Å². The van der Waals surface area contributed by atoms with Crippen LogP contribution in [0.25, 0.3) is 11.2 Å². The lowest BCUT2D eigenvalue weighted by atomic mass is 10.1. The number of anilines is 1. The number of nitrogens with one attached hydrogen (secondary N) is 2. The monoisotopic (exact) mass is 451 g/mol. The van der Waals surface area contributed by atoms with Gasteiger partial charge in [-0.1, -0.05) is 0 Å². The molecule has 2 aromatic heterocycles. The normalized spacial score (nSPS) is 22.4. The Hall–Kier alpha value is -3.81. The second-order valence-corrected chi connectivity index (χ2v) is 6.94. The Morgan fingerprint density at radius 3 is 2.34 bits per heavy atom. The Balaban J connectivity index is 2.07. The number of carbonyl (C=O) groups excluding carboxylic acids is 4. The first-order valence-corrected chi connectivity index (χ1v) is 9.44. The van der Waals surface area contributed by atoms with Gasteiger partial charge in [-0.15, -0.1) is 0 Å². The summed E-state index contributed by atoms with van der Waals surface area (Å²) in [5, 5.41) is 2.37. The molecule has 3 heterocycles. The number of carbonyl (C=O) groups is 4. The van der Waals surface area contributed by atoms with Crippen LogP contribution in [0, 0.1) is 0 Å². The first-order valence-electron chi connectivity index (χ1n) is 9.44. The zero-order valence-electron chi connectivity index (χ0n) is 17.6. The molecule has 2 N–H and O–H groups in total. The summed E-state index contributed by atoms with van der Waals surface area (Å²) in [4.78, 5) is 69.0. The van der Waals surface area contributed by atoms with Crippen molar-refractivity contribution in [3.05, 3.63) is 16.7 Å². The largest absolute Gasteiger partial charge is 0.463 e. The van der Waals surface area contributed by atoms with E-state index in [1.54, 1.807) is 0 Å². The maximum absolute atomic E-state index is 12.3. The van der Waals surface area contributed by atoms with Gasteiger partial charge in [-0.3, -0.25) is 38.8 Å². The molecule has 1 saturated heterocycles. The van der Waals surface area contributed by atoms with Crippen LogP contribution in [0.4, 0.5) is 5.95 Å². The molecule has 0 bridgehead atoms. The Morgan fingerprint density at radius 1 is 1.09 bits per heavy atom. The Kier molecular flexibility index (Phi) is 6.53. The molecule has 32 heavy (non-hydrogen) atoms. The van der Waals surface area contributed by atoms with Gasteiger partial charge in [0.25, 0.3) is 5.56 Å². The summed E-state index contributed by atoms with van der Waals surface area (Å²) in [6.45, 7) is 4.46. The van der Waals surface area contributed by atoms with E-state index < -0.39 is 53.9 Å². The van der Waals surface area contributed by atoms with E-state index in [0.717, 1.165) is 13.8 Å². The number of aromatic nitrogens is 4. The van der Waals surface area contributed by atoms with Crippen molar-refractivity contribution in [3.63, 3.8) is 0 Å². The molecular weight excluding hydrogens is 430 g/mol. The van der Waals surface area contributed by atoms with Crippen LogP contribution < -0.4 is 10.9 Å². The number of ether oxygens (including phenoxy) is 4. The van der Waals surface area contributed by atoms with Gasteiger partial charge in [0.05, 0.1) is 6.33 Å². The van der Waals surface area contributed by atoms with Gasteiger partial charge in [-0.25, -0.2) is 4.98 Å². The molecule has 0 saturated carbocycles. The summed E-state index contributed by atoms with van der Waals surface area (Å²) < 4.78 is 22.8. The molecule has 0 aromatic carbocycles. The minimum absolute atomic E-state index is 0.00867. The number of hydrogen-bond donors (Lipinski definition) is 2. The number of fused-ring (bicyclic) bond motifs is 1. The van der Waals surface area contributed by atoms with Crippen molar-refractivity contribution in [3.8, 4) is 0 Å². The van der Waals surface area contributed by atoms with Crippen LogP contribution in [-0.2, 0) is 38.1 Å². The summed E-state index contributed by atoms with van der Waals surface area (Å²) in [5.74, 6) is -2.56. The zero-order valence-corrected chi connectivity index (χ0v) is 17.6. The fourth-order valence-corrected chi connectivity index (χ4v) is 3.26. The van der Waals surface area contributed by atoms with Gasteiger partial charge in [0.2, 0.25) is 11.9 Å². The molecule has 172 valence electrons. The van der Waals surface area contributed by atoms with Gasteiger partial charge in [0.15, 0.2) is 29.6 Å². The summed E-state index contributed by atoms with van der Waals surface area (Å²) >= 11 is 0. The third kappa shape index (κ3) is 4.91. The first-order chi connectivity index (χ1) is 15.1. The van der Waals surface area contributed by atoms with E-state index in [1.807, 2.05) is 0 Å². The molecule has 4 atom stereocenters. The highest BCUT2D eigenvalue weighted by molar-refractivity contribution is 5.87. The standard InChI is InChI=1S/C18H21N5O9/c1-7(24)20-18-21-15-12(16(28)22-18)19-6-23(15)17-14(31-10(4)27)13(30-9(3)26)11(32-17)5-29-8(2)25/h6,11,13-14,17H,5H2,1-4H3,(H2,20,21,22,24,28)/t11-,13-,14-,17-/m0/s1. The zero-order chi connectivity index (χ0) is 23.6. The van der Waals surface area contributed by atoms with Crippen LogP contribution in [0.2, 0.25) is 0 Å². The Morgan fingerprint density at radius 2 is 1.75 bits per heavy atom. The van der Waals surface area contributed by atoms with E-state index in [0.29, 0.717) is 0 Å². The predicted molar refractivity (Wildman–Crippen MR) is 104 cm³/mol. The molecule has 1 aliphatic rings. The number of hydrogen-bond acceptors (Lipinski definition) is 11. The molecule has 14 nitrogen and oxygen atoms in total. The second-order valence-electron chi connectivity index (χ2n) is 6.94. The molecular formula is C18H21N5O9. The molecule has 0 radical (unpaired) electrons. The van der Waals surface area contributed by atoms with E-state index in [1.165, 1.54) is 24.7 Å². The van der Waals surface area contributed by atoms with Gasteiger partial charge in [-0.05, 0) is 0 Å². The van der Waals surface area contributed by atoms with Crippen molar-refractivity contribution >= 4 is 40.9 Å². The van der Waals surface area contributed by atoms with Gasteiger partial charge < -0.3 is 18.9 Å². The average molecular weight is 451 g/mol. The first kappa shape index (κ1) is 22.9. The molecule has 0 aliphatic carbocycles. The van der Waals surface area contributed by atoms with Crippen LogP contribution in [-0.4, -0.2) is 68.3 Å². The molecule has 1 aliphatic heterocycles. The SMILES string of the molecule is CC(=O)Nc1nc2c(ncn2[C@H]2O[C@@H](COC(C)=O)[C@H](OC(C)=O)[C@@H]2OC(C)=O)c(=O)[nH]1. The summed E-state index contributed by atoms with van der Waals surface area (Å²) in [7, 11) is 0. The van der Waals surface area contributed by atoms with E-state index in [4.69, 9.17) is 18.9 Å². The second kappa shape index (κ2) is 9.13. The lowest BCUT2D eigenvalue weighted by molar-refractivity contribution is -0.166. The third-order valence-electron chi connectivity index (χ3n) is 4.34. The van der Waals surface area contributed by atoms with Crippen molar-refractivity contribution in [2.45, 2.75) is 52.2 Å². The summed E-state index contributed by atoms with van der Waals surface area (Å²) in [6.07, 6.45) is -3.22. The molecule has 1 amide bonds. The number of aromatic amines is 1. The summed E-state index contributed by atoms with van der Waals surface area (Å²) in [6, 6.07) is 0. The topological polar surface area (TPSA) is 181 Å². The fourth-order valence-electron chi connectivity index (χ4n) is 3.26. The maximum Gasteiger partial charge on any atom is 0.303 e. The number of imidazole rings is 1. The van der Waals surface area contributed by atoms with Gasteiger partial charge in [0.1, 0.15) is 12.7 Å². The van der Waals surface area contributed by atoms with Gasteiger partial charge in [-0.2, -0.15) is 4.98 Å². The smallest absolute Gasteiger partial charge is 0.303 e. The molecule has 3 rings (SSSR count). The van der Waals surface area contributed by atoms with E-state index in [-0.39, 0.29) is 23.7 Å². The van der Waals surface area contributed by atoms with Crippen molar-refractivity contribution in [1.29, 1.82) is 0 Å². The number of rotatable bonds is 6. The quantitative estimate of drug-likeness (QED) is 0.423. The highest BCUT2D eigenvalue weighted by Gasteiger charge is 2.51. The van der Waals surface area contributed by atoms with Gasteiger partial charge >= 0.3 is 17.9 Å². The number of esters is 3. The molecule has 2 aromatic rings. The lowest BCUT2D eigenvalue weighted by Gasteiger charge is -2.23. The van der Waals surface area contributed by atoms with Crippen LogP contribution in [0.1, 0.15) is 33.9 Å². The maximum atomic E-state index is 12.3. The predicted octanol–water partition coefficient (Wildman–Crippen LogP) is -0.598. The van der Waals surface area contributed by atoms with Crippen molar-refractivity contribution in [2.75, 3.05) is 11.9 Å². The van der Waals surface area contributed by atoms with Crippen LogP contribution in [0.3, 0.4) is 0 Å². The number of H-pyrrole nitrogens is 1. The van der Waals surface area contributed by atoms with E-state index in [2.05, 4.69) is 20.3 Å². The number of nitrogens with zero attached hydrogens (tertiary/aromatic N) is 3. The third-order valence-corrected chi connectivity index (χ3v) is 4.34. The van der Waals surface area contributed by atoms with Crippen LogP contribution in [0.15, 0.2) is 11.1 Å². The van der Waals surface area contributed by atoms with E-state index >= 15 is 0 Å². The lowest BCUT2D eigenvalue weighted by Crippen LogP contribution is -2.40. The molecule has 0 unspecified atom stereocenters. The minimum atomic E-state index is -1.18. The fraction of sp³-hybridized carbons (Fsp3) is 0.500. The molecule has 14 heteroatoms. The Labute approximate surface area is 180 Å². The van der Waals surface area contributed by atoms with Crippen LogP contribution >= 0.6 is 0 Å². The highest BCUT2D eigenvalue weighted by atomic mass is 16.7. The van der Waals surface area contributed by atoms with Crippen molar-refractivity contribution in [2.24, 2.45) is 0 Å². The molecule has 0 spiro atoms. The minimum Gasteiger partial charge on any atom is -0.463 e. The van der Waals surface area contributed by atoms with Gasteiger partial charge in [0, 0.05) is 27.7 Å². The Bertz CT molecular complexity index is 1120. The van der Waals surface area contributed by atoms with Crippen molar-refractivity contribution in [1.82, 2.24) is 19.5 Å².